The molecule has 15 heavy (non-hydrogen) atoms. The van der Waals surface area contributed by atoms with Crippen molar-refractivity contribution in [1.82, 2.24) is 24.5 Å². The highest BCUT2D eigenvalue weighted by molar-refractivity contribution is 5.56. The lowest BCUT2D eigenvalue weighted by atomic mass is 10.2. The smallest absolute Gasteiger partial charge is 0.277 e. The summed E-state index contributed by atoms with van der Waals surface area (Å²) in [6.45, 7) is 4.51. The van der Waals surface area contributed by atoms with Crippen LogP contribution in [0.3, 0.4) is 0 Å². The van der Waals surface area contributed by atoms with Crippen molar-refractivity contribution in [3.05, 3.63) is 22.4 Å². The number of hydrogen-bond acceptors (Lipinski definition) is 3. The lowest BCUT2D eigenvalue weighted by Gasteiger charge is -1.99. The van der Waals surface area contributed by atoms with Crippen molar-refractivity contribution < 1.29 is 0 Å². The molecule has 1 N–H and O–H groups in total. The maximum absolute atomic E-state index is 11.8. The molecule has 0 aromatic carbocycles. The zero-order valence-electron chi connectivity index (χ0n) is 8.98. The molecule has 6 nitrogen and oxygen atoms in total. The summed E-state index contributed by atoms with van der Waals surface area (Å²) >= 11 is 0. The summed E-state index contributed by atoms with van der Waals surface area (Å²) in [5.74, 6) is 0.622. The lowest BCUT2D eigenvalue weighted by Crippen LogP contribution is -2.15. The van der Waals surface area contributed by atoms with E-state index in [1.54, 1.807) is 11.7 Å². The van der Waals surface area contributed by atoms with Gasteiger partial charge in [-0.3, -0.25) is 14.6 Å². The van der Waals surface area contributed by atoms with Crippen LogP contribution in [-0.2, 0) is 13.6 Å². The fourth-order valence-electron chi connectivity index (χ4n) is 1.64. The minimum Gasteiger partial charge on any atom is -0.300 e. The molecule has 0 aliphatic carbocycles. The van der Waals surface area contributed by atoms with E-state index in [-0.39, 0.29) is 5.56 Å². The molecule has 2 aromatic heterocycles. The normalized spacial score (nSPS) is 10.9. The first-order chi connectivity index (χ1) is 7.15. The van der Waals surface area contributed by atoms with E-state index in [2.05, 4.69) is 15.2 Å². The highest BCUT2D eigenvalue weighted by Gasteiger charge is 2.16. The quantitative estimate of drug-likeness (QED) is 0.770. The van der Waals surface area contributed by atoms with Gasteiger partial charge >= 0.3 is 0 Å². The Balaban J connectivity index is 2.69. The van der Waals surface area contributed by atoms with E-state index in [0.717, 1.165) is 5.69 Å². The van der Waals surface area contributed by atoms with Gasteiger partial charge in [-0.15, -0.1) is 0 Å². The third-order valence-corrected chi connectivity index (χ3v) is 2.37. The number of aromatic amines is 1. The molecule has 2 aromatic rings. The number of aromatic nitrogens is 5. The van der Waals surface area contributed by atoms with Crippen LogP contribution >= 0.6 is 0 Å². The van der Waals surface area contributed by atoms with Gasteiger partial charge in [-0.1, -0.05) is 0 Å². The summed E-state index contributed by atoms with van der Waals surface area (Å²) in [4.78, 5) is 15.9. The van der Waals surface area contributed by atoms with E-state index < -0.39 is 0 Å². The molecule has 0 aliphatic heterocycles. The van der Waals surface area contributed by atoms with E-state index in [0.29, 0.717) is 17.9 Å². The van der Waals surface area contributed by atoms with Crippen LogP contribution in [0.5, 0.6) is 0 Å². The zero-order chi connectivity index (χ0) is 11.0. The first kappa shape index (κ1) is 9.70. The molecule has 0 saturated heterocycles. The summed E-state index contributed by atoms with van der Waals surface area (Å²) in [7, 11) is 1.69. The van der Waals surface area contributed by atoms with Crippen molar-refractivity contribution in [2.24, 2.45) is 7.05 Å². The standard InChI is InChI=1S/C9H13N5O/c1-4-14-8(10-5-11-14)7-6(2)12-13(3)9(7)15/h5,12H,4H2,1-3H3. The van der Waals surface area contributed by atoms with Crippen LogP contribution in [0.15, 0.2) is 11.1 Å². The molecule has 80 valence electrons. The van der Waals surface area contributed by atoms with E-state index in [9.17, 15) is 4.79 Å². The van der Waals surface area contributed by atoms with Gasteiger partial charge in [0.15, 0.2) is 5.82 Å². The summed E-state index contributed by atoms with van der Waals surface area (Å²) < 4.78 is 3.15. The molecular formula is C9H13N5O. The summed E-state index contributed by atoms with van der Waals surface area (Å²) in [5, 5.41) is 6.98. The fourth-order valence-corrected chi connectivity index (χ4v) is 1.64. The molecule has 0 fully saturated rings. The second kappa shape index (κ2) is 3.38. The minimum absolute atomic E-state index is 0.0739. The Kier molecular flexibility index (Phi) is 2.18. The molecule has 6 heteroatoms. The van der Waals surface area contributed by atoms with Crippen LogP contribution in [0.1, 0.15) is 12.6 Å². The Morgan fingerprint density at radius 1 is 1.53 bits per heavy atom. The van der Waals surface area contributed by atoms with E-state index in [1.165, 1.54) is 11.0 Å². The van der Waals surface area contributed by atoms with Crippen molar-refractivity contribution >= 4 is 0 Å². The molecule has 0 amide bonds. The van der Waals surface area contributed by atoms with Gasteiger partial charge in [0, 0.05) is 19.3 Å². The number of aryl methyl sites for hydroxylation is 3. The summed E-state index contributed by atoms with van der Waals surface area (Å²) in [6.07, 6.45) is 1.46. The van der Waals surface area contributed by atoms with Crippen molar-refractivity contribution in [2.75, 3.05) is 0 Å². The molecule has 0 radical (unpaired) electrons. The van der Waals surface area contributed by atoms with Gasteiger partial charge in [0.1, 0.15) is 11.9 Å². The molecule has 0 atom stereocenters. The number of rotatable bonds is 2. The SMILES string of the molecule is CCn1ncnc1-c1c(C)[nH]n(C)c1=O. The number of H-pyrrole nitrogens is 1. The highest BCUT2D eigenvalue weighted by atomic mass is 16.1. The van der Waals surface area contributed by atoms with Crippen molar-refractivity contribution in [1.29, 1.82) is 0 Å². The average Bonchev–Trinajstić information content (AvgIpc) is 2.73. The van der Waals surface area contributed by atoms with E-state index >= 15 is 0 Å². The monoisotopic (exact) mass is 207 g/mol. The first-order valence-electron chi connectivity index (χ1n) is 4.79. The minimum atomic E-state index is -0.0739. The molecule has 2 heterocycles. The molecule has 2 rings (SSSR count). The van der Waals surface area contributed by atoms with Gasteiger partial charge in [0.2, 0.25) is 0 Å². The van der Waals surface area contributed by atoms with Crippen LogP contribution < -0.4 is 5.56 Å². The van der Waals surface area contributed by atoms with Crippen molar-refractivity contribution in [2.45, 2.75) is 20.4 Å². The predicted octanol–water partition coefficient (Wildman–Crippen LogP) is 0.300. The third kappa shape index (κ3) is 1.38. The second-order valence-corrected chi connectivity index (χ2v) is 3.38. The Hall–Kier alpha value is -1.85. The number of nitrogens with zero attached hydrogens (tertiary/aromatic N) is 4. The number of hydrogen-bond donors (Lipinski definition) is 1. The first-order valence-corrected chi connectivity index (χ1v) is 4.79. The van der Waals surface area contributed by atoms with Gasteiger partial charge in [-0.2, -0.15) is 5.10 Å². The Bertz CT molecular complexity index is 533. The maximum atomic E-state index is 11.8. The molecule has 0 aliphatic rings. The third-order valence-electron chi connectivity index (χ3n) is 2.37. The van der Waals surface area contributed by atoms with Crippen molar-refractivity contribution in [3.8, 4) is 11.4 Å². The van der Waals surface area contributed by atoms with Gasteiger partial charge in [0.05, 0.1) is 0 Å². The van der Waals surface area contributed by atoms with Gasteiger partial charge in [0.25, 0.3) is 5.56 Å². The fraction of sp³-hybridized carbons (Fsp3) is 0.444. The Morgan fingerprint density at radius 3 is 2.80 bits per heavy atom. The molecule has 0 spiro atoms. The average molecular weight is 207 g/mol. The van der Waals surface area contributed by atoms with Crippen LogP contribution in [0.2, 0.25) is 0 Å². The van der Waals surface area contributed by atoms with Crippen molar-refractivity contribution in [3.63, 3.8) is 0 Å². The van der Waals surface area contributed by atoms with Gasteiger partial charge < -0.3 is 0 Å². The molecular weight excluding hydrogens is 194 g/mol. The Labute approximate surface area is 86.5 Å². The van der Waals surface area contributed by atoms with E-state index in [1.807, 2.05) is 13.8 Å². The van der Waals surface area contributed by atoms with Crippen LogP contribution in [0.4, 0.5) is 0 Å². The van der Waals surface area contributed by atoms with E-state index in [4.69, 9.17) is 0 Å². The van der Waals surface area contributed by atoms with Gasteiger partial charge in [-0.25, -0.2) is 9.67 Å². The Morgan fingerprint density at radius 2 is 2.27 bits per heavy atom. The molecule has 0 bridgehead atoms. The largest absolute Gasteiger partial charge is 0.300 e. The number of nitrogens with one attached hydrogen (secondary N) is 1. The van der Waals surface area contributed by atoms with Crippen LogP contribution in [0.25, 0.3) is 11.4 Å². The second-order valence-electron chi connectivity index (χ2n) is 3.38. The highest BCUT2D eigenvalue weighted by Crippen LogP contribution is 2.14. The molecule has 0 unspecified atom stereocenters. The maximum Gasteiger partial charge on any atom is 0.277 e. The molecule has 0 saturated carbocycles. The van der Waals surface area contributed by atoms with Crippen LogP contribution in [-0.4, -0.2) is 24.5 Å². The summed E-state index contributed by atoms with van der Waals surface area (Å²) in [5.41, 5.74) is 1.33. The van der Waals surface area contributed by atoms with Crippen LogP contribution in [0, 0.1) is 6.92 Å². The van der Waals surface area contributed by atoms with Gasteiger partial charge in [-0.05, 0) is 13.8 Å². The zero-order valence-corrected chi connectivity index (χ0v) is 8.98. The predicted molar refractivity (Wildman–Crippen MR) is 55.5 cm³/mol. The summed E-state index contributed by atoms with van der Waals surface area (Å²) in [6, 6.07) is 0. The topological polar surface area (TPSA) is 68.5 Å². The lowest BCUT2D eigenvalue weighted by molar-refractivity contribution is 0.665.